The van der Waals surface area contributed by atoms with Crippen molar-refractivity contribution in [3.8, 4) is 9.31 Å². The van der Waals surface area contributed by atoms with Crippen LogP contribution in [0.2, 0.25) is 0 Å². The number of aliphatic hydroxyl groups excluding tert-OH is 3. The molecule has 16 heavy (non-hydrogen) atoms. The Kier molecular flexibility index (Phi) is 3.97. The van der Waals surface area contributed by atoms with E-state index in [1.54, 1.807) is 0 Å². The van der Waals surface area contributed by atoms with Crippen LogP contribution < -0.4 is 0 Å². The first-order valence-electron chi connectivity index (χ1n) is 4.81. The average Bonchev–Trinajstić information content (AvgIpc) is 2.94. The standard InChI is InChI=1S/C11H12O3SSe/c12-4-7-3-9(15-10(7)6-14)11-2-1-8(5-13)16-11/h1-3,12-14H,4-6H2. The van der Waals surface area contributed by atoms with Gasteiger partial charge in [-0.3, -0.25) is 0 Å². The van der Waals surface area contributed by atoms with Gasteiger partial charge in [0.2, 0.25) is 0 Å². The fourth-order valence-electron chi connectivity index (χ4n) is 1.45. The van der Waals surface area contributed by atoms with Gasteiger partial charge < -0.3 is 0 Å². The van der Waals surface area contributed by atoms with Crippen LogP contribution in [0.1, 0.15) is 14.9 Å². The topological polar surface area (TPSA) is 60.7 Å². The zero-order chi connectivity index (χ0) is 11.5. The minimum absolute atomic E-state index is 0.0267. The normalized spacial score (nSPS) is 10.9. The summed E-state index contributed by atoms with van der Waals surface area (Å²) in [5.41, 5.74) is 0.802. The van der Waals surface area contributed by atoms with Crippen molar-refractivity contribution in [1.82, 2.24) is 0 Å². The molecule has 0 saturated carbocycles. The third-order valence-electron chi connectivity index (χ3n) is 2.27. The van der Waals surface area contributed by atoms with Gasteiger partial charge in [0, 0.05) is 0 Å². The second kappa shape index (κ2) is 5.27. The molecule has 0 saturated heterocycles. The van der Waals surface area contributed by atoms with Crippen molar-refractivity contribution >= 4 is 25.8 Å². The van der Waals surface area contributed by atoms with Crippen molar-refractivity contribution < 1.29 is 15.3 Å². The molecule has 0 unspecified atom stereocenters. The van der Waals surface area contributed by atoms with Crippen LogP contribution in [0.5, 0.6) is 0 Å². The molecule has 3 nitrogen and oxygen atoms in total. The summed E-state index contributed by atoms with van der Waals surface area (Å²) >= 11 is 1.70. The van der Waals surface area contributed by atoms with Crippen molar-refractivity contribution in [2.24, 2.45) is 0 Å². The third kappa shape index (κ3) is 2.30. The number of hydrogen-bond acceptors (Lipinski definition) is 4. The molecular formula is C11H12O3SSe. The molecule has 0 radical (unpaired) electrons. The first-order chi connectivity index (χ1) is 7.78. The van der Waals surface area contributed by atoms with Crippen molar-refractivity contribution in [2.75, 3.05) is 0 Å². The van der Waals surface area contributed by atoms with E-state index in [-0.39, 0.29) is 34.3 Å². The molecule has 0 aromatic carbocycles. The van der Waals surface area contributed by atoms with E-state index >= 15 is 0 Å². The van der Waals surface area contributed by atoms with Crippen LogP contribution in [-0.4, -0.2) is 29.8 Å². The Morgan fingerprint density at radius 1 is 1.06 bits per heavy atom. The Balaban J connectivity index is 2.36. The molecular weight excluding hydrogens is 291 g/mol. The third-order valence-corrected chi connectivity index (χ3v) is 6.07. The van der Waals surface area contributed by atoms with Crippen molar-refractivity contribution in [2.45, 2.75) is 19.8 Å². The van der Waals surface area contributed by atoms with Gasteiger partial charge in [-0.1, -0.05) is 0 Å². The molecule has 3 N–H and O–H groups in total. The first-order valence-corrected chi connectivity index (χ1v) is 7.34. The molecule has 2 aromatic heterocycles. The Bertz CT molecular complexity index is 454. The van der Waals surface area contributed by atoms with E-state index in [9.17, 15) is 0 Å². The van der Waals surface area contributed by atoms with Crippen molar-refractivity contribution in [3.05, 3.63) is 33.1 Å². The monoisotopic (exact) mass is 304 g/mol. The Hall–Kier alpha value is -0.421. The molecule has 0 aliphatic carbocycles. The number of hydrogen-bond donors (Lipinski definition) is 3. The van der Waals surface area contributed by atoms with E-state index in [2.05, 4.69) is 0 Å². The molecule has 0 bridgehead atoms. The Labute approximate surface area is 103 Å². The van der Waals surface area contributed by atoms with Gasteiger partial charge in [0.05, 0.1) is 0 Å². The van der Waals surface area contributed by atoms with Crippen LogP contribution >= 0.6 is 11.3 Å². The van der Waals surface area contributed by atoms with E-state index < -0.39 is 0 Å². The summed E-state index contributed by atoms with van der Waals surface area (Å²) in [6.07, 6.45) is 0. The van der Waals surface area contributed by atoms with Crippen LogP contribution in [0.4, 0.5) is 0 Å². The predicted molar refractivity (Wildman–Crippen MR) is 64.5 cm³/mol. The molecule has 5 heteroatoms. The van der Waals surface area contributed by atoms with Crippen LogP contribution in [0, 0.1) is 0 Å². The summed E-state index contributed by atoms with van der Waals surface area (Å²) in [5.74, 6) is 0. The Morgan fingerprint density at radius 2 is 1.88 bits per heavy atom. The van der Waals surface area contributed by atoms with Gasteiger partial charge in [0.1, 0.15) is 0 Å². The fraction of sp³-hybridized carbons (Fsp3) is 0.273. The summed E-state index contributed by atoms with van der Waals surface area (Å²) in [6, 6.07) is 5.89. The number of rotatable bonds is 4. The van der Waals surface area contributed by atoms with Gasteiger partial charge in [-0.2, -0.15) is 0 Å². The van der Waals surface area contributed by atoms with Crippen molar-refractivity contribution in [3.63, 3.8) is 0 Å². The SMILES string of the molecule is OCc1ccc(-c2cc(CO)c(CO)s2)[se]1. The number of thiophene rings is 1. The second-order valence-corrected chi connectivity index (χ2v) is 6.89. The summed E-state index contributed by atoms with van der Waals surface area (Å²) in [6.45, 7) is 0.0547. The van der Waals surface area contributed by atoms with Gasteiger partial charge in [0.25, 0.3) is 0 Å². The zero-order valence-corrected chi connectivity index (χ0v) is 11.0. The summed E-state index contributed by atoms with van der Waals surface area (Å²) < 4.78 is 2.27. The maximum absolute atomic E-state index is 9.14. The molecule has 2 aromatic rings. The van der Waals surface area contributed by atoms with Gasteiger partial charge in [0.15, 0.2) is 0 Å². The molecule has 2 heterocycles. The number of aliphatic hydroxyl groups is 3. The maximum atomic E-state index is 9.14. The summed E-state index contributed by atoms with van der Waals surface area (Å²) in [4.78, 5) is 1.92. The van der Waals surface area contributed by atoms with E-state index in [0.29, 0.717) is 0 Å². The average molecular weight is 303 g/mol. The Morgan fingerprint density at radius 3 is 2.38 bits per heavy atom. The van der Waals surface area contributed by atoms with Crippen LogP contribution in [0.25, 0.3) is 9.31 Å². The molecule has 86 valence electrons. The van der Waals surface area contributed by atoms with E-state index in [4.69, 9.17) is 15.3 Å². The second-order valence-electron chi connectivity index (χ2n) is 3.30. The molecule has 0 aliphatic heterocycles. The van der Waals surface area contributed by atoms with E-state index in [1.165, 1.54) is 15.8 Å². The van der Waals surface area contributed by atoms with Crippen LogP contribution in [0.15, 0.2) is 18.2 Å². The van der Waals surface area contributed by atoms with E-state index in [0.717, 1.165) is 19.8 Å². The predicted octanol–water partition coefficient (Wildman–Crippen LogP) is 0.949. The van der Waals surface area contributed by atoms with E-state index in [1.807, 2.05) is 18.2 Å². The van der Waals surface area contributed by atoms with Gasteiger partial charge in [-0.25, -0.2) is 0 Å². The zero-order valence-electron chi connectivity index (χ0n) is 8.51. The fourth-order valence-corrected chi connectivity index (χ4v) is 4.52. The summed E-state index contributed by atoms with van der Waals surface area (Å²) in [7, 11) is 0. The molecule has 0 amide bonds. The first kappa shape index (κ1) is 12.0. The quantitative estimate of drug-likeness (QED) is 0.737. The van der Waals surface area contributed by atoms with Gasteiger partial charge >= 0.3 is 103 Å². The van der Waals surface area contributed by atoms with Crippen LogP contribution in [0.3, 0.4) is 0 Å². The van der Waals surface area contributed by atoms with Crippen LogP contribution in [-0.2, 0) is 19.8 Å². The van der Waals surface area contributed by atoms with Gasteiger partial charge in [-0.05, 0) is 0 Å². The molecule has 2 rings (SSSR count). The molecule has 0 aliphatic rings. The molecule has 0 atom stereocenters. The molecule has 0 spiro atoms. The summed E-state index contributed by atoms with van der Waals surface area (Å²) in [5, 5.41) is 27.3. The van der Waals surface area contributed by atoms with Crippen molar-refractivity contribution in [1.29, 1.82) is 0 Å². The molecule has 0 fully saturated rings. The van der Waals surface area contributed by atoms with Gasteiger partial charge in [-0.15, -0.1) is 0 Å². The minimum atomic E-state index is -0.0348.